The summed E-state index contributed by atoms with van der Waals surface area (Å²) in [6.07, 6.45) is 3.60. The molecule has 6 rings (SSSR count). The largest absolute Gasteiger partial charge is 0.272 e. The van der Waals surface area contributed by atoms with Gasteiger partial charge in [-0.2, -0.15) is 10.4 Å². The number of nitrogens with zero attached hydrogens (tertiary/aromatic N) is 4. The smallest absolute Gasteiger partial charge is 0.270 e. The minimum absolute atomic E-state index is 0.119. The molecular weight excluding hydrogens is 548 g/mol. The van der Waals surface area contributed by atoms with Gasteiger partial charge in [-0.05, 0) is 37.1 Å². The van der Waals surface area contributed by atoms with Crippen LogP contribution < -0.4 is 0 Å². The first-order chi connectivity index (χ1) is 20.3. The van der Waals surface area contributed by atoms with Crippen molar-refractivity contribution < 1.29 is 18.0 Å². The number of aryl methyl sites for hydroxylation is 1. The summed E-state index contributed by atoms with van der Waals surface area (Å²) in [5, 5.41) is 15.1. The lowest BCUT2D eigenvalue weighted by Gasteiger charge is -2.32. The second-order valence-corrected chi connectivity index (χ2v) is 12.6. The Kier molecular flexibility index (Phi) is 6.93. The second kappa shape index (κ2) is 10.7. The molecule has 42 heavy (non-hydrogen) atoms. The average Bonchev–Trinajstić information content (AvgIpc) is 3.58. The number of hydrogen-bond acceptors (Lipinski definition) is 6. The highest BCUT2D eigenvalue weighted by atomic mass is 32.2. The monoisotopic (exact) mass is 574 g/mol. The van der Waals surface area contributed by atoms with E-state index in [-0.39, 0.29) is 34.6 Å². The molecule has 0 bridgehead atoms. The molecule has 2 aliphatic heterocycles. The van der Waals surface area contributed by atoms with E-state index in [0.717, 1.165) is 21.7 Å². The summed E-state index contributed by atoms with van der Waals surface area (Å²) in [4.78, 5) is 28.8. The summed E-state index contributed by atoms with van der Waals surface area (Å²) < 4.78 is 26.4. The molecule has 2 aliphatic rings. The van der Waals surface area contributed by atoms with Crippen LogP contribution >= 0.6 is 0 Å². The fourth-order valence-corrected chi connectivity index (χ4v) is 7.14. The lowest BCUT2D eigenvalue weighted by Crippen LogP contribution is -2.49. The van der Waals surface area contributed by atoms with Crippen molar-refractivity contribution in [2.24, 2.45) is 0 Å². The number of nitriles is 1. The van der Waals surface area contributed by atoms with Crippen molar-refractivity contribution in [3.05, 3.63) is 119 Å². The molecule has 1 aromatic heterocycles. The van der Waals surface area contributed by atoms with Gasteiger partial charge in [-0.3, -0.25) is 14.5 Å². The molecule has 8 nitrogen and oxygen atoms in total. The van der Waals surface area contributed by atoms with Gasteiger partial charge < -0.3 is 0 Å². The third-order valence-electron chi connectivity index (χ3n) is 7.54. The maximum Gasteiger partial charge on any atom is 0.272 e. The zero-order valence-corrected chi connectivity index (χ0v) is 23.6. The fourth-order valence-electron chi connectivity index (χ4n) is 5.44. The number of hydrogen-bond donors (Lipinski definition) is 0. The topological polar surface area (TPSA) is 113 Å². The van der Waals surface area contributed by atoms with Gasteiger partial charge in [0.1, 0.15) is 11.6 Å². The van der Waals surface area contributed by atoms with E-state index in [9.17, 15) is 23.3 Å². The molecule has 3 aromatic carbocycles. The number of para-hydroxylation sites is 1. The molecule has 0 N–H and O–H groups in total. The van der Waals surface area contributed by atoms with E-state index >= 15 is 0 Å². The minimum Gasteiger partial charge on any atom is -0.270 e. The van der Waals surface area contributed by atoms with Gasteiger partial charge in [-0.1, -0.05) is 78.4 Å². The van der Waals surface area contributed by atoms with Crippen molar-refractivity contribution >= 4 is 33.3 Å². The summed E-state index contributed by atoms with van der Waals surface area (Å²) in [7, 11) is -3.41. The van der Waals surface area contributed by atoms with Crippen LogP contribution in [-0.4, -0.2) is 52.5 Å². The molecule has 4 aromatic rings. The Morgan fingerprint density at radius 2 is 1.57 bits per heavy atom. The highest BCUT2D eigenvalue weighted by Gasteiger charge is 2.45. The van der Waals surface area contributed by atoms with Crippen molar-refractivity contribution in [1.29, 1.82) is 5.26 Å². The predicted molar refractivity (Wildman–Crippen MR) is 160 cm³/mol. The first kappa shape index (κ1) is 27.1. The third kappa shape index (κ3) is 4.97. The Balaban J connectivity index is 1.59. The van der Waals surface area contributed by atoms with Crippen LogP contribution in [0.4, 0.5) is 0 Å². The van der Waals surface area contributed by atoms with Gasteiger partial charge in [-0.25, -0.2) is 13.1 Å². The predicted octanol–water partition coefficient (Wildman–Crippen LogP) is 4.76. The molecule has 1 saturated heterocycles. The van der Waals surface area contributed by atoms with E-state index in [0.29, 0.717) is 16.8 Å². The van der Waals surface area contributed by atoms with E-state index in [2.05, 4.69) is 0 Å². The summed E-state index contributed by atoms with van der Waals surface area (Å²) in [5.74, 6) is -1.86. The van der Waals surface area contributed by atoms with Crippen LogP contribution in [0.25, 0.3) is 28.6 Å². The Hall–Kier alpha value is -5.07. The number of sulfone groups is 1. The Morgan fingerprint density at radius 3 is 2.19 bits per heavy atom. The van der Waals surface area contributed by atoms with Gasteiger partial charge in [-0.15, -0.1) is 0 Å². The molecule has 0 aliphatic carbocycles. The maximum atomic E-state index is 14.2. The number of carbonyl (C=O) groups is 2. The zero-order valence-electron chi connectivity index (χ0n) is 22.8. The average molecular weight is 575 g/mol. The lowest BCUT2D eigenvalue weighted by molar-refractivity contribution is -0.142. The van der Waals surface area contributed by atoms with Crippen molar-refractivity contribution in [3.63, 3.8) is 0 Å². The molecule has 0 saturated carbocycles. The van der Waals surface area contributed by atoms with E-state index in [4.69, 9.17) is 5.10 Å². The van der Waals surface area contributed by atoms with Crippen LogP contribution in [0.5, 0.6) is 0 Å². The number of carbonyl (C=O) groups excluding carboxylic acids is 2. The normalized spacial score (nSPS) is 19.4. The van der Waals surface area contributed by atoms with Gasteiger partial charge in [0.25, 0.3) is 11.8 Å². The van der Waals surface area contributed by atoms with Crippen LogP contribution in [-0.2, 0) is 19.4 Å². The van der Waals surface area contributed by atoms with Crippen molar-refractivity contribution in [3.8, 4) is 23.0 Å². The van der Waals surface area contributed by atoms with E-state index in [1.807, 2.05) is 67.6 Å². The number of imide groups is 1. The molecule has 1 fully saturated rings. The van der Waals surface area contributed by atoms with Crippen molar-refractivity contribution in [2.45, 2.75) is 19.4 Å². The summed E-state index contributed by atoms with van der Waals surface area (Å²) >= 11 is 0. The fraction of sp³-hybridized carbons (Fsp3) is 0.152. The molecule has 0 spiro atoms. The standard InChI is InChI=1S/C33H26N4O4S/c1-22-12-14-24(15-13-22)31-25(20-36(35-31)26-10-6-3-7-11-26)18-28-30(23-8-4-2-5-9-23)29(19-34)33(39)37(32(28)38)27-16-17-42(40,41)21-27/h2-15,18,20,27H,16-17,21H2,1H3/b28-18-/t27-/m1/s1. The summed E-state index contributed by atoms with van der Waals surface area (Å²) in [6, 6.07) is 27.4. The second-order valence-electron chi connectivity index (χ2n) is 10.4. The summed E-state index contributed by atoms with van der Waals surface area (Å²) in [6.45, 7) is 1.99. The highest BCUT2D eigenvalue weighted by Crippen LogP contribution is 2.38. The highest BCUT2D eigenvalue weighted by molar-refractivity contribution is 7.91. The van der Waals surface area contributed by atoms with Gasteiger partial charge >= 0.3 is 0 Å². The number of benzene rings is 3. The molecule has 3 heterocycles. The Morgan fingerprint density at radius 1 is 0.905 bits per heavy atom. The minimum atomic E-state index is -3.41. The molecule has 0 radical (unpaired) electrons. The summed E-state index contributed by atoms with van der Waals surface area (Å²) in [5.41, 5.74) is 4.60. The van der Waals surface area contributed by atoms with E-state index in [1.54, 1.807) is 47.3 Å². The van der Waals surface area contributed by atoms with Crippen molar-refractivity contribution in [2.75, 3.05) is 11.5 Å². The Bertz CT molecular complexity index is 1920. The van der Waals surface area contributed by atoms with Crippen LogP contribution in [0, 0.1) is 18.3 Å². The SMILES string of the molecule is Cc1ccc(-c2nn(-c3ccccc3)cc2/C=C2\C(=O)N([C@@H]3CCS(=O)(=O)C3)C(=O)C(C#N)=C2c2ccccc2)cc1. The van der Waals surface area contributed by atoms with Gasteiger partial charge in [0.15, 0.2) is 9.84 Å². The number of rotatable bonds is 5. The van der Waals surface area contributed by atoms with Crippen LogP contribution in [0.1, 0.15) is 23.1 Å². The molecule has 0 unspecified atom stereocenters. The number of aromatic nitrogens is 2. The van der Waals surface area contributed by atoms with E-state index < -0.39 is 27.7 Å². The quantitative estimate of drug-likeness (QED) is 0.251. The maximum absolute atomic E-state index is 14.2. The molecule has 208 valence electrons. The zero-order chi connectivity index (χ0) is 29.4. The van der Waals surface area contributed by atoms with Crippen molar-refractivity contribution in [1.82, 2.24) is 14.7 Å². The lowest BCUT2D eigenvalue weighted by atomic mass is 9.86. The first-order valence-corrected chi connectivity index (χ1v) is 15.3. The van der Waals surface area contributed by atoms with Gasteiger partial charge in [0.05, 0.1) is 34.5 Å². The molecular formula is C33H26N4O4S. The van der Waals surface area contributed by atoms with Gasteiger partial charge in [0.2, 0.25) is 0 Å². The molecule has 2 amide bonds. The molecule has 1 atom stereocenters. The van der Waals surface area contributed by atoms with Crippen LogP contribution in [0.2, 0.25) is 0 Å². The van der Waals surface area contributed by atoms with Crippen LogP contribution in [0.15, 0.2) is 102 Å². The third-order valence-corrected chi connectivity index (χ3v) is 9.29. The van der Waals surface area contributed by atoms with E-state index in [1.165, 1.54) is 0 Å². The first-order valence-electron chi connectivity index (χ1n) is 13.5. The number of amides is 2. The van der Waals surface area contributed by atoms with Gasteiger partial charge in [0, 0.05) is 22.9 Å². The van der Waals surface area contributed by atoms with Crippen LogP contribution in [0.3, 0.4) is 0 Å². The Labute approximate surface area is 243 Å². The molecule has 9 heteroatoms.